The van der Waals surface area contributed by atoms with E-state index in [4.69, 9.17) is 9.26 Å². The normalized spacial score (nSPS) is 10.9. The van der Waals surface area contributed by atoms with Crippen molar-refractivity contribution in [2.45, 2.75) is 19.3 Å². The lowest BCUT2D eigenvalue weighted by Gasteiger charge is -2.02. The molecular weight excluding hydrogens is 370 g/mol. The highest BCUT2D eigenvalue weighted by Gasteiger charge is 2.11. The number of hydrogen-bond donors (Lipinski definition) is 1. The molecule has 1 aromatic carbocycles. The molecule has 0 aliphatic carbocycles. The molecule has 3 heterocycles. The first-order valence-corrected chi connectivity index (χ1v) is 9.37. The standard InChI is InChI=1S/C21H21N5O3/c1-28-17-7-5-15(6-8-17)21-24-20(29-25-21)10-9-19(27)22-12-11-16-14-26-13-3-2-4-18(26)23-16/h2-8,13-14H,9-12H2,1H3,(H,22,27). The van der Waals surface area contributed by atoms with Crippen molar-refractivity contribution in [3.63, 3.8) is 0 Å². The molecule has 0 radical (unpaired) electrons. The predicted molar refractivity (Wildman–Crippen MR) is 107 cm³/mol. The molecule has 1 amide bonds. The summed E-state index contributed by atoms with van der Waals surface area (Å²) >= 11 is 0. The largest absolute Gasteiger partial charge is 0.497 e. The number of benzene rings is 1. The fourth-order valence-electron chi connectivity index (χ4n) is 2.96. The van der Waals surface area contributed by atoms with E-state index in [0.717, 1.165) is 22.7 Å². The van der Waals surface area contributed by atoms with Crippen LogP contribution in [0.3, 0.4) is 0 Å². The third kappa shape index (κ3) is 4.60. The molecule has 0 spiro atoms. The monoisotopic (exact) mass is 391 g/mol. The van der Waals surface area contributed by atoms with Gasteiger partial charge in [-0.15, -0.1) is 0 Å². The minimum atomic E-state index is -0.0574. The van der Waals surface area contributed by atoms with Crippen LogP contribution in [0.5, 0.6) is 5.75 Å². The number of carbonyl (C=O) groups excluding carboxylic acids is 1. The van der Waals surface area contributed by atoms with Crippen molar-refractivity contribution in [1.82, 2.24) is 24.8 Å². The fraction of sp³-hybridized carbons (Fsp3) is 0.238. The number of carbonyl (C=O) groups is 1. The maximum atomic E-state index is 12.1. The smallest absolute Gasteiger partial charge is 0.227 e. The molecule has 4 aromatic rings. The number of fused-ring (bicyclic) bond motifs is 1. The van der Waals surface area contributed by atoms with Crippen molar-refractivity contribution in [2.24, 2.45) is 0 Å². The highest BCUT2D eigenvalue weighted by molar-refractivity contribution is 5.76. The van der Waals surface area contributed by atoms with Crippen LogP contribution in [-0.2, 0) is 17.6 Å². The first-order valence-electron chi connectivity index (χ1n) is 9.37. The number of hydrogen-bond acceptors (Lipinski definition) is 6. The van der Waals surface area contributed by atoms with Gasteiger partial charge in [0.25, 0.3) is 0 Å². The minimum absolute atomic E-state index is 0.0574. The maximum Gasteiger partial charge on any atom is 0.227 e. The summed E-state index contributed by atoms with van der Waals surface area (Å²) in [5.41, 5.74) is 2.67. The molecular formula is C21H21N5O3. The van der Waals surface area contributed by atoms with E-state index >= 15 is 0 Å². The van der Waals surface area contributed by atoms with Gasteiger partial charge in [0.1, 0.15) is 11.4 Å². The molecule has 0 atom stereocenters. The number of rotatable bonds is 8. The summed E-state index contributed by atoms with van der Waals surface area (Å²) in [6.07, 6.45) is 5.28. The summed E-state index contributed by atoms with van der Waals surface area (Å²) in [7, 11) is 1.61. The van der Waals surface area contributed by atoms with Crippen LogP contribution in [-0.4, -0.2) is 39.1 Å². The molecule has 148 valence electrons. The molecule has 3 aromatic heterocycles. The maximum absolute atomic E-state index is 12.1. The summed E-state index contributed by atoms with van der Waals surface area (Å²) in [6.45, 7) is 0.531. The number of amides is 1. The third-order valence-electron chi connectivity index (χ3n) is 4.50. The van der Waals surface area contributed by atoms with E-state index in [1.165, 1.54) is 0 Å². The number of ether oxygens (including phenoxy) is 1. The van der Waals surface area contributed by atoms with Crippen molar-refractivity contribution in [1.29, 1.82) is 0 Å². The number of imidazole rings is 1. The van der Waals surface area contributed by atoms with Gasteiger partial charge in [0.05, 0.1) is 12.8 Å². The second-order valence-corrected chi connectivity index (χ2v) is 6.54. The molecule has 8 heteroatoms. The van der Waals surface area contributed by atoms with Gasteiger partial charge in [-0.05, 0) is 36.4 Å². The molecule has 0 aliphatic rings. The van der Waals surface area contributed by atoms with Gasteiger partial charge >= 0.3 is 0 Å². The Morgan fingerprint density at radius 3 is 2.79 bits per heavy atom. The van der Waals surface area contributed by atoms with Crippen LogP contribution in [0.4, 0.5) is 0 Å². The van der Waals surface area contributed by atoms with E-state index in [0.29, 0.717) is 31.1 Å². The van der Waals surface area contributed by atoms with Gasteiger partial charge in [-0.1, -0.05) is 11.2 Å². The van der Waals surface area contributed by atoms with E-state index < -0.39 is 0 Å². The number of pyridine rings is 1. The average molecular weight is 391 g/mol. The number of aryl methyl sites for hydroxylation is 1. The minimum Gasteiger partial charge on any atom is -0.497 e. The van der Waals surface area contributed by atoms with Crippen molar-refractivity contribution in [2.75, 3.05) is 13.7 Å². The number of nitrogens with one attached hydrogen (secondary N) is 1. The van der Waals surface area contributed by atoms with E-state index in [2.05, 4.69) is 20.4 Å². The quantitative estimate of drug-likeness (QED) is 0.496. The molecule has 0 saturated carbocycles. The lowest BCUT2D eigenvalue weighted by molar-refractivity contribution is -0.121. The molecule has 29 heavy (non-hydrogen) atoms. The van der Waals surface area contributed by atoms with Crippen LogP contribution in [0.25, 0.3) is 17.0 Å². The lowest BCUT2D eigenvalue weighted by Crippen LogP contribution is -2.26. The fourth-order valence-corrected chi connectivity index (χ4v) is 2.96. The van der Waals surface area contributed by atoms with Crippen molar-refractivity contribution < 1.29 is 14.1 Å². The molecule has 0 unspecified atom stereocenters. The van der Waals surface area contributed by atoms with Crippen LogP contribution in [0.15, 0.2) is 59.4 Å². The SMILES string of the molecule is COc1ccc(-c2noc(CCC(=O)NCCc3cn4ccccc4n3)n2)cc1. The summed E-state index contributed by atoms with van der Waals surface area (Å²) in [5, 5.41) is 6.88. The highest BCUT2D eigenvalue weighted by Crippen LogP contribution is 2.20. The molecule has 0 bridgehead atoms. The molecule has 4 rings (SSSR count). The van der Waals surface area contributed by atoms with Gasteiger partial charge in [0.2, 0.25) is 17.6 Å². The van der Waals surface area contributed by atoms with Gasteiger partial charge in [-0.2, -0.15) is 4.98 Å². The third-order valence-corrected chi connectivity index (χ3v) is 4.50. The van der Waals surface area contributed by atoms with Crippen LogP contribution in [0.2, 0.25) is 0 Å². The number of aromatic nitrogens is 4. The zero-order chi connectivity index (χ0) is 20.1. The van der Waals surface area contributed by atoms with E-state index in [-0.39, 0.29) is 12.3 Å². The average Bonchev–Trinajstić information content (AvgIpc) is 3.39. The summed E-state index contributed by atoms with van der Waals surface area (Å²) in [4.78, 5) is 21.0. The molecule has 0 aliphatic heterocycles. The Morgan fingerprint density at radius 1 is 1.14 bits per heavy atom. The molecule has 0 saturated heterocycles. The van der Waals surface area contributed by atoms with E-state index in [1.807, 2.05) is 59.3 Å². The van der Waals surface area contributed by atoms with Crippen molar-refractivity contribution >= 4 is 11.6 Å². The van der Waals surface area contributed by atoms with Gasteiger partial charge in [-0.25, -0.2) is 4.98 Å². The van der Waals surface area contributed by atoms with Gasteiger partial charge in [0.15, 0.2) is 0 Å². The second kappa shape index (κ2) is 8.55. The first kappa shape index (κ1) is 18.7. The zero-order valence-corrected chi connectivity index (χ0v) is 16.0. The second-order valence-electron chi connectivity index (χ2n) is 6.54. The molecule has 0 fully saturated rings. The first-order chi connectivity index (χ1) is 14.2. The summed E-state index contributed by atoms with van der Waals surface area (Å²) < 4.78 is 12.4. The van der Waals surface area contributed by atoms with E-state index in [9.17, 15) is 4.79 Å². The Balaban J connectivity index is 1.23. The topological polar surface area (TPSA) is 94.5 Å². The Bertz CT molecular complexity index is 1070. The lowest BCUT2D eigenvalue weighted by atomic mass is 10.2. The molecule has 8 nitrogen and oxygen atoms in total. The Hall–Kier alpha value is -3.68. The highest BCUT2D eigenvalue weighted by atomic mass is 16.5. The van der Waals surface area contributed by atoms with E-state index in [1.54, 1.807) is 7.11 Å². The number of methoxy groups -OCH3 is 1. The van der Waals surface area contributed by atoms with Crippen molar-refractivity contribution in [3.8, 4) is 17.1 Å². The predicted octanol–water partition coefficient (Wildman–Crippen LogP) is 2.68. The summed E-state index contributed by atoms with van der Waals surface area (Å²) in [6, 6.07) is 13.2. The Morgan fingerprint density at radius 2 is 2.00 bits per heavy atom. The number of nitrogens with zero attached hydrogens (tertiary/aromatic N) is 4. The molecule has 1 N–H and O–H groups in total. The van der Waals surface area contributed by atoms with Gasteiger partial charge in [-0.3, -0.25) is 4.79 Å². The Kier molecular flexibility index (Phi) is 5.51. The van der Waals surface area contributed by atoms with Crippen molar-refractivity contribution in [3.05, 3.63) is 66.4 Å². The van der Waals surface area contributed by atoms with Crippen LogP contribution >= 0.6 is 0 Å². The van der Waals surface area contributed by atoms with Gasteiger partial charge < -0.3 is 19.0 Å². The van der Waals surface area contributed by atoms with Crippen LogP contribution in [0, 0.1) is 0 Å². The Labute approximate surface area is 167 Å². The van der Waals surface area contributed by atoms with Gasteiger partial charge in [0, 0.05) is 43.8 Å². The van der Waals surface area contributed by atoms with Crippen LogP contribution in [0.1, 0.15) is 18.0 Å². The van der Waals surface area contributed by atoms with Crippen LogP contribution < -0.4 is 10.1 Å². The summed E-state index contributed by atoms with van der Waals surface area (Å²) in [5.74, 6) is 1.64. The zero-order valence-electron chi connectivity index (χ0n) is 16.0.